The highest BCUT2D eigenvalue weighted by atomic mass is 79.9. The summed E-state index contributed by atoms with van der Waals surface area (Å²) >= 11 is 3.19. The fourth-order valence-corrected chi connectivity index (χ4v) is 2.53. The second-order valence-corrected chi connectivity index (χ2v) is 6.07. The molecule has 0 bridgehead atoms. The van der Waals surface area contributed by atoms with Crippen LogP contribution in [-0.4, -0.2) is 25.0 Å². The minimum atomic E-state index is -3.22. The first-order valence-corrected chi connectivity index (χ1v) is 8.62. The number of carbonyl (C=O) groups is 2. The Hall–Kier alpha value is -3.08. The molecule has 154 valence electrons. The normalized spacial score (nSPS) is 11.0. The van der Waals surface area contributed by atoms with Gasteiger partial charge >= 0.3 is 13.2 Å². The van der Waals surface area contributed by atoms with E-state index >= 15 is 0 Å². The molecule has 0 saturated heterocycles. The van der Waals surface area contributed by atoms with Gasteiger partial charge in [0.05, 0.1) is 5.56 Å². The number of hydrogen-bond donors (Lipinski definition) is 2. The number of hydrogen-bond acceptors (Lipinski definition) is 4. The maximum atomic E-state index is 12.5. The van der Waals surface area contributed by atoms with Crippen LogP contribution in [0, 0.1) is 0 Å². The Labute approximate surface area is 170 Å². The topological polar surface area (TPSA) is 76.7 Å². The van der Waals surface area contributed by atoms with Gasteiger partial charge in [0.25, 0.3) is 11.8 Å². The van der Waals surface area contributed by atoms with E-state index in [9.17, 15) is 27.2 Å². The molecule has 0 aliphatic rings. The van der Waals surface area contributed by atoms with Gasteiger partial charge in [-0.2, -0.15) is 17.6 Å². The number of hydrazine groups is 1. The third-order valence-corrected chi connectivity index (χ3v) is 3.95. The van der Waals surface area contributed by atoms with Gasteiger partial charge in [-0.15, -0.1) is 0 Å². The Balaban J connectivity index is 2.04. The molecule has 29 heavy (non-hydrogen) atoms. The molecule has 0 atom stereocenters. The zero-order valence-electron chi connectivity index (χ0n) is 14.4. The molecule has 11 heteroatoms. The van der Waals surface area contributed by atoms with Gasteiger partial charge in [0.15, 0.2) is 0 Å². The highest BCUT2D eigenvalue weighted by Crippen LogP contribution is 2.28. The maximum Gasteiger partial charge on any atom is 0.387 e. The largest absolute Gasteiger partial charge is 0.435 e. The maximum absolute atomic E-state index is 12.5. The van der Waals surface area contributed by atoms with Crippen LogP contribution in [0.15, 0.2) is 53.0 Å². The number of ether oxygens (including phenoxy) is 2. The lowest BCUT2D eigenvalue weighted by Crippen LogP contribution is -2.40. The molecule has 2 amide bonds. The number of carbonyl (C=O) groups excluding carboxylic acids is 2. The van der Waals surface area contributed by atoms with Crippen molar-refractivity contribution >= 4 is 33.8 Å². The van der Waals surface area contributed by atoms with E-state index < -0.39 is 36.5 Å². The van der Waals surface area contributed by atoms with Crippen molar-refractivity contribution in [3.05, 3.63) is 64.1 Å². The van der Waals surface area contributed by atoms with Crippen LogP contribution < -0.4 is 20.3 Å². The lowest BCUT2D eigenvalue weighted by molar-refractivity contribution is -0.117. The van der Waals surface area contributed by atoms with Crippen molar-refractivity contribution in [3.63, 3.8) is 0 Å². The van der Waals surface area contributed by atoms with Gasteiger partial charge in [-0.1, -0.05) is 12.1 Å². The van der Waals surface area contributed by atoms with E-state index in [4.69, 9.17) is 0 Å². The minimum Gasteiger partial charge on any atom is -0.435 e. The van der Waals surface area contributed by atoms with E-state index in [1.807, 2.05) is 0 Å². The zero-order chi connectivity index (χ0) is 21.4. The van der Waals surface area contributed by atoms with Gasteiger partial charge < -0.3 is 9.47 Å². The quantitative estimate of drug-likeness (QED) is 0.358. The predicted molar refractivity (Wildman–Crippen MR) is 98.5 cm³/mol. The Morgan fingerprint density at radius 1 is 0.966 bits per heavy atom. The van der Waals surface area contributed by atoms with Gasteiger partial charge in [-0.3, -0.25) is 20.4 Å². The Bertz CT molecular complexity index is 909. The van der Waals surface area contributed by atoms with Crippen molar-refractivity contribution in [3.8, 4) is 11.5 Å². The van der Waals surface area contributed by atoms with Crippen LogP contribution in [0.4, 0.5) is 17.6 Å². The number of nitrogens with one attached hydrogen (secondary N) is 2. The molecule has 0 aliphatic carbocycles. The van der Waals surface area contributed by atoms with Crippen LogP contribution in [0.5, 0.6) is 11.5 Å². The monoisotopic (exact) mass is 476 g/mol. The van der Waals surface area contributed by atoms with Crippen LogP contribution in [0.3, 0.4) is 0 Å². The number of halogens is 5. The van der Waals surface area contributed by atoms with E-state index in [0.717, 1.165) is 30.4 Å². The Morgan fingerprint density at radius 3 is 2.31 bits per heavy atom. The first-order chi connectivity index (χ1) is 13.8. The summed E-state index contributed by atoms with van der Waals surface area (Å²) < 4.78 is 58.5. The second kappa shape index (κ2) is 10.5. The third-order valence-electron chi connectivity index (χ3n) is 3.26. The predicted octanol–water partition coefficient (Wildman–Crippen LogP) is 4.13. The van der Waals surface area contributed by atoms with Crippen LogP contribution in [0.2, 0.25) is 0 Å². The van der Waals surface area contributed by atoms with Gasteiger partial charge in [-0.05, 0) is 46.3 Å². The molecule has 0 radical (unpaired) electrons. The average molecular weight is 477 g/mol. The van der Waals surface area contributed by atoms with Crippen LogP contribution in [0.1, 0.15) is 15.9 Å². The fourth-order valence-electron chi connectivity index (χ4n) is 2.06. The van der Waals surface area contributed by atoms with Crippen molar-refractivity contribution in [2.75, 3.05) is 0 Å². The highest BCUT2D eigenvalue weighted by Gasteiger charge is 2.13. The zero-order valence-corrected chi connectivity index (χ0v) is 16.0. The lowest BCUT2D eigenvalue weighted by atomic mass is 10.1. The molecular formula is C18H13BrF4N2O4. The number of benzene rings is 2. The van der Waals surface area contributed by atoms with E-state index in [1.165, 1.54) is 6.07 Å². The van der Waals surface area contributed by atoms with Gasteiger partial charge in [0.2, 0.25) is 0 Å². The molecule has 0 fully saturated rings. The average Bonchev–Trinajstić information content (AvgIpc) is 2.65. The number of rotatable bonds is 7. The van der Waals surface area contributed by atoms with Gasteiger partial charge in [0, 0.05) is 22.2 Å². The summed E-state index contributed by atoms with van der Waals surface area (Å²) in [7, 11) is 0. The van der Waals surface area contributed by atoms with Crippen LogP contribution >= 0.6 is 15.9 Å². The van der Waals surface area contributed by atoms with Crippen molar-refractivity contribution in [1.82, 2.24) is 10.9 Å². The second-order valence-electron chi connectivity index (χ2n) is 5.21. The van der Waals surface area contributed by atoms with Crippen LogP contribution in [-0.2, 0) is 4.79 Å². The minimum absolute atomic E-state index is 0.000744. The van der Waals surface area contributed by atoms with Gasteiger partial charge in [-0.25, -0.2) is 0 Å². The third kappa shape index (κ3) is 7.11. The number of amides is 2. The molecule has 2 N–H and O–H groups in total. The molecule has 0 unspecified atom stereocenters. The smallest absolute Gasteiger partial charge is 0.387 e. The van der Waals surface area contributed by atoms with Gasteiger partial charge in [0.1, 0.15) is 11.5 Å². The Kier molecular flexibility index (Phi) is 8.01. The Morgan fingerprint density at radius 2 is 1.66 bits per heavy atom. The summed E-state index contributed by atoms with van der Waals surface area (Å²) in [5.41, 5.74) is 4.57. The van der Waals surface area contributed by atoms with E-state index in [2.05, 4.69) is 36.3 Å². The highest BCUT2D eigenvalue weighted by molar-refractivity contribution is 9.10. The molecule has 0 aliphatic heterocycles. The summed E-state index contributed by atoms with van der Waals surface area (Å²) in [6, 6.07) is 9.59. The summed E-state index contributed by atoms with van der Waals surface area (Å²) in [4.78, 5) is 23.8. The van der Waals surface area contributed by atoms with E-state index in [-0.39, 0.29) is 11.1 Å². The van der Waals surface area contributed by atoms with Crippen LogP contribution in [0.25, 0.3) is 6.08 Å². The first-order valence-electron chi connectivity index (χ1n) is 7.83. The van der Waals surface area contributed by atoms with Crippen molar-refractivity contribution in [2.24, 2.45) is 0 Å². The molecule has 6 nitrogen and oxygen atoms in total. The van der Waals surface area contributed by atoms with Crippen molar-refractivity contribution in [1.29, 1.82) is 0 Å². The molecule has 0 saturated carbocycles. The molecule has 2 aromatic rings. The van der Waals surface area contributed by atoms with E-state index in [0.29, 0.717) is 4.47 Å². The van der Waals surface area contributed by atoms with Crippen molar-refractivity contribution < 1.29 is 36.6 Å². The molecule has 0 heterocycles. The summed E-state index contributed by atoms with van der Waals surface area (Å²) in [6.45, 7) is -6.36. The molecule has 2 rings (SSSR count). The summed E-state index contributed by atoms with van der Waals surface area (Å²) in [5.74, 6) is -2.23. The first kappa shape index (κ1) is 22.2. The van der Waals surface area contributed by atoms with E-state index in [1.54, 1.807) is 18.2 Å². The van der Waals surface area contributed by atoms with Crippen molar-refractivity contribution in [2.45, 2.75) is 13.2 Å². The lowest BCUT2D eigenvalue weighted by Gasteiger charge is -2.11. The molecule has 0 aromatic heterocycles. The standard InChI is InChI=1S/C18H13BrF4N2O4/c19-13-4-2-1-3-12(13)16(27)25-24-15(26)8-6-10-5-7-11(28-17(20)21)9-14(10)29-18(22)23/h1-9,17-18H,(H,24,26)(H,25,27)/b8-6+. The fraction of sp³-hybridized carbons (Fsp3) is 0.111. The summed E-state index contributed by atoms with van der Waals surface area (Å²) in [5, 5.41) is 0. The summed E-state index contributed by atoms with van der Waals surface area (Å²) in [6.07, 6.45) is 2.03. The molecular weight excluding hydrogens is 464 g/mol. The molecule has 0 spiro atoms. The molecule has 2 aromatic carbocycles. The number of alkyl halides is 4. The SMILES string of the molecule is O=C(/C=C/c1ccc(OC(F)F)cc1OC(F)F)NNC(=O)c1ccccc1Br.